The molecule has 0 aliphatic carbocycles. The van der Waals surface area contributed by atoms with Crippen molar-refractivity contribution in [2.75, 3.05) is 42.8 Å². The second-order valence-electron chi connectivity index (χ2n) is 3.56. The second-order valence-corrected chi connectivity index (χ2v) is 5.82. The minimum Gasteiger partial charge on any atom is -0.467 e. The maximum atomic E-state index is 11.0. The van der Waals surface area contributed by atoms with Crippen LogP contribution in [0.2, 0.25) is 0 Å². The van der Waals surface area contributed by atoms with Crippen LogP contribution in [0.1, 0.15) is 6.92 Å². The Balaban J connectivity index is 2.72. The van der Waals surface area contributed by atoms with Crippen molar-refractivity contribution in [3.63, 3.8) is 0 Å². The zero-order valence-electron chi connectivity index (χ0n) is 10.6. The van der Waals surface area contributed by atoms with E-state index in [0.717, 1.165) is 0 Å². The van der Waals surface area contributed by atoms with E-state index in [1.165, 1.54) is 13.4 Å². The molecule has 0 atom stereocenters. The van der Waals surface area contributed by atoms with Crippen molar-refractivity contribution >= 4 is 21.7 Å². The number of hydrogen-bond donors (Lipinski definition) is 2. The zero-order valence-corrected chi connectivity index (χ0v) is 11.4. The first-order chi connectivity index (χ1) is 8.44. The number of ether oxygens (including phenoxy) is 1. The Labute approximate surface area is 106 Å². The predicted octanol–water partition coefficient (Wildman–Crippen LogP) is -0.231. The summed E-state index contributed by atoms with van der Waals surface area (Å²) in [5, 5.41) is 5.74. The highest BCUT2D eigenvalue weighted by molar-refractivity contribution is 7.90. The minimum absolute atomic E-state index is 0.0114. The first-order valence-corrected chi connectivity index (χ1v) is 7.46. The molecule has 18 heavy (non-hydrogen) atoms. The summed E-state index contributed by atoms with van der Waals surface area (Å²) in [5.74, 6) is 0.671. The maximum Gasteiger partial charge on any atom is 0.322 e. The van der Waals surface area contributed by atoms with E-state index in [9.17, 15) is 8.42 Å². The topological polar surface area (TPSA) is 106 Å². The zero-order chi connectivity index (χ0) is 13.6. The van der Waals surface area contributed by atoms with Gasteiger partial charge in [0.05, 0.1) is 12.9 Å². The van der Waals surface area contributed by atoms with Crippen LogP contribution in [0.5, 0.6) is 6.01 Å². The molecule has 0 fully saturated rings. The van der Waals surface area contributed by atoms with E-state index in [4.69, 9.17) is 4.74 Å². The third-order valence-electron chi connectivity index (χ3n) is 1.89. The van der Waals surface area contributed by atoms with Gasteiger partial charge in [-0.25, -0.2) is 8.42 Å². The van der Waals surface area contributed by atoms with Gasteiger partial charge in [-0.3, -0.25) is 0 Å². The molecule has 102 valence electrons. The van der Waals surface area contributed by atoms with E-state index in [1.807, 2.05) is 6.92 Å². The van der Waals surface area contributed by atoms with Crippen LogP contribution in [0.25, 0.3) is 0 Å². The van der Waals surface area contributed by atoms with Crippen LogP contribution < -0.4 is 15.4 Å². The van der Waals surface area contributed by atoms with Gasteiger partial charge in [0, 0.05) is 19.3 Å². The molecule has 1 heterocycles. The quantitative estimate of drug-likeness (QED) is 0.702. The summed E-state index contributed by atoms with van der Waals surface area (Å²) in [4.78, 5) is 12.0. The first kappa shape index (κ1) is 14.4. The molecule has 0 aliphatic heterocycles. The summed E-state index contributed by atoms with van der Waals surface area (Å²) < 4.78 is 26.9. The number of anilines is 2. The summed E-state index contributed by atoms with van der Waals surface area (Å²) in [6.45, 7) is 2.81. The van der Waals surface area contributed by atoms with E-state index < -0.39 is 9.84 Å². The summed E-state index contributed by atoms with van der Waals surface area (Å²) in [5.41, 5.74) is 0. The van der Waals surface area contributed by atoms with Crippen molar-refractivity contribution in [1.82, 2.24) is 15.0 Å². The first-order valence-electron chi connectivity index (χ1n) is 5.40. The van der Waals surface area contributed by atoms with Crippen LogP contribution in [0.3, 0.4) is 0 Å². The maximum absolute atomic E-state index is 11.0. The molecule has 1 aromatic heterocycles. The fourth-order valence-electron chi connectivity index (χ4n) is 1.11. The lowest BCUT2D eigenvalue weighted by Gasteiger charge is -2.08. The second kappa shape index (κ2) is 6.34. The van der Waals surface area contributed by atoms with Crippen molar-refractivity contribution < 1.29 is 13.2 Å². The molecule has 0 saturated heterocycles. The molecule has 0 bridgehead atoms. The van der Waals surface area contributed by atoms with Gasteiger partial charge < -0.3 is 15.4 Å². The molecule has 2 N–H and O–H groups in total. The van der Waals surface area contributed by atoms with Crippen molar-refractivity contribution in [2.45, 2.75) is 6.92 Å². The molecule has 0 unspecified atom stereocenters. The molecule has 0 amide bonds. The average molecular weight is 275 g/mol. The number of aromatic nitrogens is 3. The van der Waals surface area contributed by atoms with Crippen molar-refractivity contribution in [3.8, 4) is 6.01 Å². The van der Waals surface area contributed by atoms with Crippen molar-refractivity contribution in [3.05, 3.63) is 0 Å². The van der Waals surface area contributed by atoms with Gasteiger partial charge >= 0.3 is 6.01 Å². The van der Waals surface area contributed by atoms with Gasteiger partial charge in [0.2, 0.25) is 11.9 Å². The molecule has 9 heteroatoms. The van der Waals surface area contributed by atoms with Crippen molar-refractivity contribution in [1.29, 1.82) is 0 Å². The Morgan fingerprint density at radius 2 is 1.78 bits per heavy atom. The lowest BCUT2D eigenvalue weighted by molar-refractivity contribution is 0.379. The Kier molecular flexibility index (Phi) is 5.08. The Morgan fingerprint density at radius 3 is 2.28 bits per heavy atom. The highest BCUT2D eigenvalue weighted by Crippen LogP contribution is 2.10. The highest BCUT2D eigenvalue weighted by atomic mass is 32.2. The Morgan fingerprint density at radius 1 is 1.17 bits per heavy atom. The molecule has 0 radical (unpaired) electrons. The van der Waals surface area contributed by atoms with E-state index >= 15 is 0 Å². The van der Waals surface area contributed by atoms with Gasteiger partial charge in [-0.15, -0.1) is 0 Å². The highest BCUT2D eigenvalue weighted by Gasteiger charge is 2.07. The number of methoxy groups -OCH3 is 1. The van der Waals surface area contributed by atoms with Gasteiger partial charge in [0.15, 0.2) is 0 Å². The molecular weight excluding hydrogens is 258 g/mol. The summed E-state index contributed by atoms with van der Waals surface area (Å²) in [7, 11) is -1.56. The van der Waals surface area contributed by atoms with Crippen LogP contribution >= 0.6 is 0 Å². The summed E-state index contributed by atoms with van der Waals surface area (Å²) >= 11 is 0. The predicted molar refractivity (Wildman–Crippen MR) is 68.7 cm³/mol. The van der Waals surface area contributed by atoms with E-state index in [1.54, 1.807) is 0 Å². The molecule has 0 aliphatic rings. The summed E-state index contributed by atoms with van der Waals surface area (Å²) in [6.07, 6.45) is 1.17. The smallest absolute Gasteiger partial charge is 0.322 e. The lowest BCUT2D eigenvalue weighted by Crippen LogP contribution is -2.16. The average Bonchev–Trinajstić information content (AvgIpc) is 2.27. The molecule has 1 rings (SSSR count). The van der Waals surface area contributed by atoms with Crippen LogP contribution in [-0.4, -0.2) is 55.6 Å². The van der Waals surface area contributed by atoms with Gasteiger partial charge in [0.25, 0.3) is 0 Å². The van der Waals surface area contributed by atoms with Gasteiger partial charge in [-0.05, 0) is 6.92 Å². The molecule has 0 aromatic carbocycles. The van der Waals surface area contributed by atoms with Gasteiger partial charge in [0.1, 0.15) is 9.84 Å². The number of nitrogens with one attached hydrogen (secondary N) is 2. The van der Waals surface area contributed by atoms with Crippen LogP contribution in [0, 0.1) is 0 Å². The van der Waals surface area contributed by atoms with Crippen LogP contribution in [0.15, 0.2) is 0 Å². The van der Waals surface area contributed by atoms with E-state index in [-0.39, 0.29) is 24.3 Å². The normalized spacial score (nSPS) is 11.1. The number of hydrogen-bond acceptors (Lipinski definition) is 8. The third-order valence-corrected chi connectivity index (χ3v) is 2.83. The SMILES string of the molecule is CCNc1nc(NCCS(C)(=O)=O)nc(OC)n1. The van der Waals surface area contributed by atoms with Crippen LogP contribution in [-0.2, 0) is 9.84 Å². The van der Waals surface area contributed by atoms with Crippen molar-refractivity contribution in [2.24, 2.45) is 0 Å². The lowest BCUT2D eigenvalue weighted by atomic mass is 10.7. The standard InChI is InChI=1S/C9H17N5O3S/c1-4-10-7-12-8(14-9(13-7)17-2)11-5-6-18(3,15)16/h4-6H2,1-3H3,(H2,10,11,12,13,14). The minimum atomic E-state index is -3.01. The summed E-state index contributed by atoms with van der Waals surface area (Å²) in [6, 6.07) is 0.169. The molecule has 8 nitrogen and oxygen atoms in total. The van der Waals surface area contributed by atoms with Crippen LogP contribution in [0.4, 0.5) is 11.9 Å². The molecule has 1 aromatic rings. The number of rotatable bonds is 7. The Hall–Kier alpha value is -1.64. The molecule has 0 saturated carbocycles. The number of sulfone groups is 1. The molecule has 0 spiro atoms. The fraction of sp³-hybridized carbons (Fsp3) is 0.667. The Bertz CT molecular complexity index is 491. The van der Waals surface area contributed by atoms with Gasteiger partial charge in [-0.1, -0.05) is 0 Å². The monoisotopic (exact) mass is 275 g/mol. The molecular formula is C9H17N5O3S. The van der Waals surface area contributed by atoms with Gasteiger partial charge in [-0.2, -0.15) is 15.0 Å². The van der Waals surface area contributed by atoms with E-state index in [0.29, 0.717) is 12.5 Å². The third kappa shape index (κ3) is 5.13. The largest absolute Gasteiger partial charge is 0.467 e. The van der Waals surface area contributed by atoms with E-state index in [2.05, 4.69) is 25.6 Å². The number of nitrogens with zero attached hydrogens (tertiary/aromatic N) is 3. The fourth-order valence-corrected chi connectivity index (χ4v) is 1.59.